The van der Waals surface area contributed by atoms with Crippen molar-refractivity contribution in [3.05, 3.63) is 11.8 Å². The number of hydrogen-bond donors (Lipinski definition) is 3. The fourth-order valence-electron chi connectivity index (χ4n) is 2.65. The maximum atomic E-state index is 11.8. The molecule has 1 amide bonds. The van der Waals surface area contributed by atoms with Gasteiger partial charge >= 0.3 is 0 Å². The summed E-state index contributed by atoms with van der Waals surface area (Å²) in [6.07, 6.45) is 7.79. The Morgan fingerprint density at radius 1 is 1.44 bits per heavy atom. The van der Waals surface area contributed by atoms with Gasteiger partial charge in [-0.2, -0.15) is 5.10 Å². The molecule has 18 heavy (non-hydrogen) atoms. The molecule has 2 rings (SSSR count). The van der Waals surface area contributed by atoms with Crippen LogP contribution in [0.4, 0.5) is 5.82 Å². The SMILES string of the molecule is CCC1CCC(CNC(=O)c2cn[nH]c2N)CC1. The smallest absolute Gasteiger partial charge is 0.256 e. The van der Waals surface area contributed by atoms with Crippen molar-refractivity contribution in [1.82, 2.24) is 15.5 Å². The van der Waals surface area contributed by atoms with E-state index in [1.54, 1.807) is 0 Å². The summed E-state index contributed by atoms with van der Waals surface area (Å²) < 4.78 is 0. The number of carbonyl (C=O) groups is 1. The van der Waals surface area contributed by atoms with Gasteiger partial charge in [0.2, 0.25) is 0 Å². The van der Waals surface area contributed by atoms with Gasteiger partial charge < -0.3 is 11.1 Å². The molecule has 1 saturated carbocycles. The molecule has 5 heteroatoms. The molecule has 100 valence electrons. The molecular weight excluding hydrogens is 228 g/mol. The van der Waals surface area contributed by atoms with Crippen LogP contribution in [0.2, 0.25) is 0 Å². The summed E-state index contributed by atoms with van der Waals surface area (Å²) in [6.45, 7) is 3.01. The summed E-state index contributed by atoms with van der Waals surface area (Å²) in [7, 11) is 0. The zero-order valence-electron chi connectivity index (χ0n) is 10.9. The molecule has 0 bridgehead atoms. The molecule has 1 aliphatic rings. The van der Waals surface area contributed by atoms with Crippen LogP contribution in [-0.4, -0.2) is 22.6 Å². The monoisotopic (exact) mass is 250 g/mol. The van der Waals surface area contributed by atoms with Crippen molar-refractivity contribution in [2.24, 2.45) is 11.8 Å². The van der Waals surface area contributed by atoms with Crippen LogP contribution in [0.3, 0.4) is 0 Å². The van der Waals surface area contributed by atoms with Crippen LogP contribution in [0.25, 0.3) is 0 Å². The van der Waals surface area contributed by atoms with E-state index in [1.165, 1.54) is 38.3 Å². The molecule has 1 fully saturated rings. The standard InChI is InChI=1S/C13H22N4O/c1-2-9-3-5-10(6-4-9)7-15-13(18)11-8-16-17-12(11)14/h8-10H,2-7H2,1H3,(H,15,18)(H3,14,16,17). The van der Waals surface area contributed by atoms with Crippen LogP contribution >= 0.6 is 0 Å². The number of nitrogens with two attached hydrogens (primary N) is 1. The summed E-state index contributed by atoms with van der Waals surface area (Å²) >= 11 is 0. The first-order valence-corrected chi connectivity index (χ1v) is 6.77. The minimum atomic E-state index is -0.126. The number of carbonyl (C=O) groups excluding carboxylic acids is 1. The minimum Gasteiger partial charge on any atom is -0.383 e. The Hall–Kier alpha value is -1.52. The average Bonchev–Trinajstić information content (AvgIpc) is 2.83. The zero-order chi connectivity index (χ0) is 13.0. The molecule has 0 spiro atoms. The molecule has 5 nitrogen and oxygen atoms in total. The molecule has 1 aromatic rings. The van der Waals surface area contributed by atoms with Crippen LogP contribution in [0.5, 0.6) is 0 Å². The minimum absolute atomic E-state index is 0.126. The molecule has 0 aliphatic heterocycles. The summed E-state index contributed by atoms with van der Waals surface area (Å²) in [5.41, 5.74) is 6.05. The number of nitrogen functional groups attached to an aromatic ring is 1. The van der Waals surface area contributed by atoms with Gasteiger partial charge in [0.25, 0.3) is 5.91 Å². The van der Waals surface area contributed by atoms with Gasteiger partial charge in [0.15, 0.2) is 0 Å². The normalized spacial score (nSPS) is 23.8. The van der Waals surface area contributed by atoms with Gasteiger partial charge in [-0.15, -0.1) is 0 Å². The van der Waals surface area contributed by atoms with E-state index in [0.717, 1.165) is 12.5 Å². The molecular formula is C13H22N4O. The summed E-state index contributed by atoms with van der Waals surface area (Å²) in [5, 5.41) is 9.27. The molecule has 4 N–H and O–H groups in total. The van der Waals surface area contributed by atoms with E-state index in [0.29, 0.717) is 17.3 Å². The highest BCUT2D eigenvalue weighted by Crippen LogP contribution is 2.30. The lowest BCUT2D eigenvalue weighted by Crippen LogP contribution is -2.31. The van der Waals surface area contributed by atoms with Gasteiger partial charge in [-0.3, -0.25) is 9.89 Å². The maximum absolute atomic E-state index is 11.8. The van der Waals surface area contributed by atoms with Crippen LogP contribution in [0.1, 0.15) is 49.4 Å². The van der Waals surface area contributed by atoms with Crippen LogP contribution in [0.15, 0.2) is 6.20 Å². The second kappa shape index (κ2) is 5.89. The average molecular weight is 250 g/mol. The third-order valence-corrected chi connectivity index (χ3v) is 4.01. The lowest BCUT2D eigenvalue weighted by atomic mass is 9.81. The number of nitrogens with one attached hydrogen (secondary N) is 2. The number of aromatic amines is 1. The highest BCUT2D eigenvalue weighted by molar-refractivity contribution is 5.98. The van der Waals surface area contributed by atoms with Crippen molar-refractivity contribution >= 4 is 11.7 Å². The number of anilines is 1. The third kappa shape index (κ3) is 3.03. The Bertz CT molecular complexity index is 393. The number of amides is 1. The first kappa shape index (κ1) is 12.9. The van der Waals surface area contributed by atoms with Gasteiger partial charge in [0.05, 0.1) is 6.20 Å². The topological polar surface area (TPSA) is 83.8 Å². The number of hydrogen-bond acceptors (Lipinski definition) is 3. The van der Waals surface area contributed by atoms with E-state index in [-0.39, 0.29) is 5.91 Å². The predicted octanol–water partition coefficient (Wildman–Crippen LogP) is 1.94. The Morgan fingerprint density at radius 3 is 2.67 bits per heavy atom. The maximum Gasteiger partial charge on any atom is 0.256 e. The summed E-state index contributed by atoms with van der Waals surface area (Å²) in [6, 6.07) is 0. The second-order valence-electron chi connectivity index (χ2n) is 5.20. The van der Waals surface area contributed by atoms with Crippen molar-refractivity contribution < 1.29 is 4.79 Å². The first-order valence-electron chi connectivity index (χ1n) is 6.77. The van der Waals surface area contributed by atoms with Crippen molar-refractivity contribution in [2.45, 2.75) is 39.0 Å². The van der Waals surface area contributed by atoms with Crippen molar-refractivity contribution in [3.63, 3.8) is 0 Å². The predicted molar refractivity (Wildman–Crippen MR) is 71.1 cm³/mol. The fourth-order valence-corrected chi connectivity index (χ4v) is 2.65. The molecule has 0 saturated heterocycles. The Labute approximate surface area is 108 Å². The van der Waals surface area contributed by atoms with Crippen LogP contribution in [-0.2, 0) is 0 Å². The van der Waals surface area contributed by atoms with Gasteiger partial charge in [0.1, 0.15) is 11.4 Å². The zero-order valence-corrected chi connectivity index (χ0v) is 10.9. The lowest BCUT2D eigenvalue weighted by Gasteiger charge is -2.27. The third-order valence-electron chi connectivity index (χ3n) is 4.01. The van der Waals surface area contributed by atoms with E-state index < -0.39 is 0 Å². The number of rotatable bonds is 4. The Morgan fingerprint density at radius 2 is 2.11 bits per heavy atom. The van der Waals surface area contributed by atoms with Gasteiger partial charge in [-0.1, -0.05) is 26.2 Å². The van der Waals surface area contributed by atoms with Crippen LogP contribution < -0.4 is 11.1 Å². The molecule has 0 atom stereocenters. The first-order chi connectivity index (χ1) is 8.70. The Balaban J connectivity index is 1.76. The molecule has 1 aromatic heterocycles. The molecule has 1 heterocycles. The van der Waals surface area contributed by atoms with Gasteiger partial charge in [0, 0.05) is 6.54 Å². The van der Waals surface area contributed by atoms with Gasteiger partial charge in [-0.05, 0) is 24.7 Å². The van der Waals surface area contributed by atoms with E-state index in [4.69, 9.17) is 5.73 Å². The van der Waals surface area contributed by atoms with Crippen molar-refractivity contribution in [2.75, 3.05) is 12.3 Å². The number of aromatic nitrogens is 2. The summed E-state index contributed by atoms with van der Waals surface area (Å²) in [5.74, 6) is 1.72. The van der Waals surface area contributed by atoms with E-state index in [2.05, 4.69) is 22.4 Å². The highest BCUT2D eigenvalue weighted by atomic mass is 16.1. The quantitative estimate of drug-likeness (QED) is 0.763. The van der Waals surface area contributed by atoms with Crippen LogP contribution in [0, 0.1) is 11.8 Å². The lowest BCUT2D eigenvalue weighted by molar-refractivity contribution is 0.0942. The highest BCUT2D eigenvalue weighted by Gasteiger charge is 2.21. The number of H-pyrrole nitrogens is 1. The molecule has 0 aromatic carbocycles. The molecule has 1 aliphatic carbocycles. The van der Waals surface area contributed by atoms with Crippen molar-refractivity contribution in [1.29, 1.82) is 0 Å². The van der Waals surface area contributed by atoms with Crippen molar-refractivity contribution in [3.8, 4) is 0 Å². The number of nitrogens with zero attached hydrogens (tertiary/aromatic N) is 1. The largest absolute Gasteiger partial charge is 0.383 e. The second-order valence-corrected chi connectivity index (χ2v) is 5.20. The molecule has 0 unspecified atom stereocenters. The van der Waals surface area contributed by atoms with E-state index in [1.807, 2.05) is 0 Å². The van der Waals surface area contributed by atoms with E-state index >= 15 is 0 Å². The molecule has 0 radical (unpaired) electrons. The summed E-state index contributed by atoms with van der Waals surface area (Å²) in [4.78, 5) is 11.8. The Kier molecular flexibility index (Phi) is 4.23. The fraction of sp³-hybridized carbons (Fsp3) is 0.692. The van der Waals surface area contributed by atoms with Gasteiger partial charge in [-0.25, -0.2) is 0 Å². The van der Waals surface area contributed by atoms with E-state index in [9.17, 15) is 4.79 Å².